The lowest BCUT2D eigenvalue weighted by molar-refractivity contribution is 0.0982. The molecule has 4 heteroatoms. The predicted molar refractivity (Wildman–Crippen MR) is 77.6 cm³/mol. The van der Waals surface area contributed by atoms with Crippen LogP contribution in [0.2, 0.25) is 0 Å². The molecule has 18 heavy (non-hydrogen) atoms. The molecule has 0 spiro atoms. The number of aryl methyl sites for hydroxylation is 1. The van der Waals surface area contributed by atoms with Gasteiger partial charge in [-0.1, -0.05) is 42.1 Å². The van der Waals surface area contributed by atoms with Gasteiger partial charge in [-0.2, -0.15) is 0 Å². The summed E-state index contributed by atoms with van der Waals surface area (Å²) in [4.78, 5) is 16.2. The van der Waals surface area contributed by atoms with E-state index in [1.165, 1.54) is 0 Å². The van der Waals surface area contributed by atoms with Crippen LogP contribution in [0.15, 0.2) is 40.1 Å². The van der Waals surface area contributed by atoms with Crippen LogP contribution in [0.3, 0.4) is 0 Å². The highest BCUT2D eigenvalue weighted by Crippen LogP contribution is 2.23. The van der Waals surface area contributed by atoms with Gasteiger partial charge < -0.3 is 0 Å². The molecular formula is C14H15NOS2. The lowest BCUT2D eigenvalue weighted by atomic mass is 10.1. The van der Waals surface area contributed by atoms with Crippen LogP contribution in [0.5, 0.6) is 0 Å². The second-order valence-electron chi connectivity index (χ2n) is 4.00. The van der Waals surface area contributed by atoms with E-state index in [9.17, 15) is 4.79 Å². The summed E-state index contributed by atoms with van der Waals surface area (Å²) in [5.41, 5.74) is 1.88. The smallest absolute Gasteiger partial charge is 0.162 e. The van der Waals surface area contributed by atoms with Gasteiger partial charge in [0.05, 0.1) is 0 Å². The van der Waals surface area contributed by atoms with E-state index in [1.807, 2.05) is 37.3 Å². The summed E-state index contributed by atoms with van der Waals surface area (Å²) in [6.07, 6.45) is 1.51. The molecule has 0 saturated carbocycles. The summed E-state index contributed by atoms with van der Waals surface area (Å²) in [5.74, 6) is 1.18. The monoisotopic (exact) mass is 277 g/mol. The number of Topliss-reactive ketones (excluding diaryl/α,β-unsaturated/α-hetero) is 1. The van der Waals surface area contributed by atoms with Crippen molar-refractivity contribution in [3.8, 4) is 0 Å². The number of nitrogens with zero attached hydrogens (tertiary/aromatic N) is 1. The number of carbonyl (C=O) groups is 1. The Morgan fingerprint density at radius 3 is 2.78 bits per heavy atom. The minimum Gasteiger partial charge on any atom is -0.294 e. The largest absolute Gasteiger partial charge is 0.294 e. The zero-order valence-corrected chi connectivity index (χ0v) is 11.9. The fourth-order valence-corrected chi connectivity index (χ4v) is 3.42. The van der Waals surface area contributed by atoms with Crippen molar-refractivity contribution in [2.45, 2.75) is 24.1 Å². The molecule has 94 valence electrons. The van der Waals surface area contributed by atoms with Gasteiger partial charge in [0, 0.05) is 28.8 Å². The molecule has 1 heterocycles. The standard InChI is InChI=1S/C14H15NOS2/c1-11-10-18-14(15-11)17-9-5-8-13(16)12-6-3-2-4-7-12/h2-4,6-7,10H,5,8-9H2,1H3. The van der Waals surface area contributed by atoms with E-state index in [-0.39, 0.29) is 5.78 Å². The zero-order valence-electron chi connectivity index (χ0n) is 10.3. The summed E-state index contributed by atoms with van der Waals surface area (Å²) in [6.45, 7) is 2.00. The van der Waals surface area contributed by atoms with Crippen LogP contribution in [-0.2, 0) is 0 Å². The maximum atomic E-state index is 11.8. The molecule has 0 aliphatic carbocycles. The molecule has 0 aliphatic rings. The lowest BCUT2D eigenvalue weighted by Gasteiger charge is -2.00. The van der Waals surface area contributed by atoms with Crippen molar-refractivity contribution < 1.29 is 4.79 Å². The highest BCUT2D eigenvalue weighted by atomic mass is 32.2. The van der Waals surface area contributed by atoms with Gasteiger partial charge in [0.15, 0.2) is 5.78 Å². The quantitative estimate of drug-likeness (QED) is 0.450. The lowest BCUT2D eigenvalue weighted by Crippen LogP contribution is -1.98. The van der Waals surface area contributed by atoms with Crippen LogP contribution >= 0.6 is 23.1 Å². The Labute approximate surface area is 115 Å². The summed E-state index contributed by atoms with van der Waals surface area (Å²) in [5, 5.41) is 2.05. The molecule has 1 aromatic carbocycles. The Balaban J connectivity index is 1.71. The number of rotatable bonds is 6. The third-order valence-electron chi connectivity index (χ3n) is 2.47. The highest BCUT2D eigenvalue weighted by Gasteiger charge is 2.05. The van der Waals surface area contributed by atoms with Crippen molar-refractivity contribution >= 4 is 28.9 Å². The average Bonchev–Trinajstić information content (AvgIpc) is 2.81. The topological polar surface area (TPSA) is 30.0 Å². The molecule has 0 saturated heterocycles. The van der Waals surface area contributed by atoms with E-state index >= 15 is 0 Å². The van der Waals surface area contributed by atoms with Crippen molar-refractivity contribution in [1.82, 2.24) is 4.98 Å². The zero-order chi connectivity index (χ0) is 12.8. The normalized spacial score (nSPS) is 10.5. The Kier molecular flexibility index (Phi) is 4.96. The summed E-state index contributed by atoms with van der Waals surface area (Å²) in [6, 6.07) is 9.48. The Bertz CT molecular complexity index is 508. The number of hydrogen-bond acceptors (Lipinski definition) is 4. The molecular weight excluding hydrogens is 262 g/mol. The van der Waals surface area contributed by atoms with Crippen molar-refractivity contribution in [3.63, 3.8) is 0 Å². The minimum atomic E-state index is 0.228. The predicted octanol–water partition coefficient (Wildman–Crippen LogP) is 4.21. The molecule has 0 atom stereocenters. The Morgan fingerprint density at radius 1 is 1.33 bits per heavy atom. The first kappa shape index (κ1) is 13.3. The molecule has 0 amide bonds. The second-order valence-corrected chi connectivity index (χ2v) is 6.20. The molecule has 0 fully saturated rings. The maximum absolute atomic E-state index is 11.8. The Hall–Kier alpha value is -1.13. The number of hydrogen-bond donors (Lipinski definition) is 0. The fourth-order valence-electron chi connectivity index (χ4n) is 1.56. The summed E-state index contributed by atoms with van der Waals surface area (Å²) < 4.78 is 1.10. The van der Waals surface area contributed by atoms with Gasteiger partial charge in [-0.15, -0.1) is 11.3 Å². The third kappa shape index (κ3) is 3.96. The van der Waals surface area contributed by atoms with E-state index in [4.69, 9.17) is 0 Å². The van der Waals surface area contributed by atoms with Gasteiger partial charge >= 0.3 is 0 Å². The van der Waals surface area contributed by atoms with E-state index in [0.29, 0.717) is 6.42 Å². The molecule has 0 bridgehead atoms. The fraction of sp³-hybridized carbons (Fsp3) is 0.286. The van der Waals surface area contributed by atoms with Crippen molar-refractivity contribution in [3.05, 3.63) is 47.0 Å². The van der Waals surface area contributed by atoms with Gasteiger partial charge in [-0.3, -0.25) is 4.79 Å². The van der Waals surface area contributed by atoms with Gasteiger partial charge in [-0.05, 0) is 13.3 Å². The van der Waals surface area contributed by atoms with E-state index in [2.05, 4.69) is 10.4 Å². The van der Waals surface area contributed by atoms with Gasteiger partial charge in [0.25, 0.3) is 0 Å². The molecule has 2 rings (SSSR count). The SMILES string of the molecule is Cc1csc(SCCCC(=O)c2ccccc2)n1. The van der Waals surface area contributed by atoms with Crippen molar-refractivity contribution in [2.24, 2.45) is 0 Å². The van der Waals surface area contributed by atoms with Crippen molar-refractivity contribution in [1.29, 1.82) is 0 Å². The Morgan fingerprint density at radius 2 is 2.11 bits per heavy atom. The summed E-state index contributed by atoms with van der Waals surface area (Å²) in [7, 11) is 0. The number of aromatic nitrogens is 1. The van der Waals surface area contributed by atoms with Crippen LogP contribution < -0.4 is 0 Å². The van der Waals surface area contributed by atoms with Crippen LogP contribution in [0.4, 0.5) is 0 Å². The third-order valence-corrected chi connectivity index (χ3v) is 4.69. The molecule has 0 radical (unpaired) electrons. The highest BCUT2D eigenvalue weighted by molar-refractivity contribution is 8.00. The van der Waals surface area contributed by atoms with Crippen LogP contribution in [0, 0.1) is 6.92 Å². The maximum Gasteiger partial charge on any atom is 0.162 e. The van der Waals surface area contributed by atoms with Crippen LogP contribution in [-0.4, -0.2) is 16.5 Å². The van der Waals surface area contributed by atoms with Gasteiger partial charge in [0.1, 0.15) is 4.34 Å². The van der Waals surface area contributed by atoms with Crippen LogP contribution in [0.1, 0.15) is 28.9 Å². The molecule has 0 unspecified atom stereocenters. The first-order chi connectivity index (χ1) is 8.75. The molecule has 1 aromatic heterocycles. The van der Waals surface area contributed by atoms with E-state index in [0.717, 1.165) is 27.8 Å². The number of ketones is 1. The number of thioether (sulfide) groups is 1. The first-order valence-corrected chi connectivity index (χ1v) is 7.75. The number of carbonyl (C=O) groups excluding carboxylic acids is 1. The minimum absolute atomic E-state index is 0.228. The number of benzene rings is 1. The molecule has 2 aromatic rings. The number of thiazole rings is 1. The van der Waals surface area contributed by atoms with Gasteiger partial charge in [0.2, 0.25) is 0 Å². The van der Waals surface area contributed by atoms with E-state index < -0.39 is 0 Å². The molecule has 0 aliphatic heterocycles. The molecule has 0 N–H and O–H groups in total. The second kappa shape index (κ2) is 6.71. The molecule has 2 nitrogen and oxygen atoms in total. The first-order valence-electron chi connectivity index (χ1n) is 5.89. The van der Waals surface area contributed by atoms with E-state index in [1.54, 1.807) is 23.1 Å². The van der Waals surface area contributed by atoms with Gasteiger partial charge in [-0.25, -0.2) is 4.98 Å². The van der Waals surface area contributed by atoms with Crippen molar-refractivity contribution in [2.75, 3.05) is 5.75 Å². The van der Waals surface area contributed by atoms with Crippen LogP contribution in [0.25, 0.3) is 0 Å². The summed E-state index contributed by atoms with van der Waals surface area (Å²) >= 11 is 3.41. The average molecular weight is 277 g/mol.